The van der Waals surface area contributed by atoms with Gasteiger partial charge in [0.05, 0.1) is 21.9 Å². The second kappa shape index (κ2) is 8.47. The van der Waals surface area contributed by atoms with Crippen LogP contribution in [0.3, 0.4) is 0 Å². The van der Waals surface area contributed by atoms with Crippen LogP contribution < -0.4 is 10.2 Å². The standard InChI is InChI=1S/C20H15N3O6S3/c24-17-15(16-18(25)22(20(30)31-16)10-11-32(27,28)29)13-8-4-5-9-14(13)23(17)19(26)21-12-6-2-1-3-7-12/h1-9H,10-11H2,(H,21,26)(H,27,28,29)/b16-15+. The zero-order chi connectivity index (χ0) is 23.0. The van der Waals surface area contributed by atoms with Crippen LogP contribution in [-0.2, 0) is 19.7 Å². The van der Waals surface area contributed by atoms with Gasteiger partial charge >= 0.3 is 6.03 Å². The molecular formula is C20H15N3O6S3. The third kappa shape index (κ3) is 4.17. The summed E-state index contributed by atoms with van der Waals surface area (Å²) in [5, 5.41) is 2.65. The molecule has 0 unspecified atom stereocenters. The largest absolute Gasteiger partial charge is 0.333 e. The molecule has 12 heteroatoms. The predicted octanol–water partition coefficient (Wildman–Crippen LogP) is 2.72. The summed E-state index contributed by atoms with van der Waals surface area (Å²) < 4.78 is 31.2. The van der Waals surface area contributed by atoms with Crippen molar-refractivity contribution in [2.45, 2.75) is 0 Å². The molecule has 0 atom stereocenters. The van der Waals surface area contributed by atoms with Crippen LogP contribution in [0.15, 0.2) is 59.5 Å². The van der Waals surface area contributed by atoms with Crippen molar-refractivity contribution in [1.82, 2.24) is 4.90 Å². The van der Waals surface area contributed by atoms with Gasteiger partial charge in [0.15, 0.2) is 0 Å². The number of imide groups is 1. The molecule has 0 saturated carbocycles. The molecule has 164 valence electrons. The number of rotatable bonds is 4. The predicted molar refractivity (Wildman–Crippen MR) is 125 cm³/mol. The van der Waals surface area contributed by atoms with Gasteiger partial charge in [-0.25, -0.2) is 9.69 Å². The van der Waals surface area contributed by atoms with Crippen molar-refractivity contribution < 1.29 is 27.4 Å². The zero-order valence-corrected chi connectivity index (χ0v) is 18.7. The quantitative estimate of drug-likeness (QED) is 0.382. The Morgan fingerprint density at radius 2 is 1.69 bits per heavy atom. The van der Waals surface area contributed by atoms with Gasteiger partial charge in [0.2, 0.25) is 0 Å². The lowest BCUT2D eigenvalue weighted by molar-refractivity contribution is -0.122. The molecule has 1 saturated heterocycles. The van der Waals surface area contributed by atoms with E-state index in [0.29, 0.717) is 16.9 Å². The van der Waals surface area contributed by atoms with Crippen LogP contribution in [0.25, 0.3) is 5.57 Å². The molecule has 2 aromatic rings. The average molecular weight is 490 g/mol. The van der Waals surface area contributed by atoms with E-state index in [4.69, 9.17) is 16.8 Å². The molecule has 32 heavy (non-hydrogen) atoms. The molecule has 2 aromatic carbocycles. The summed E-state index contributed by atoms with van der Waals surface area (Å²) in [5.74, 6) is -2.06. The fraction of sp³-hybridized carbons (Fsp3) is 0.100. The van der Waals surface area contributed by atoms with E-state index in [-0.39, 0.29) is 21.3 Å². The number of nitrogens with zero attached hydrogens (tertiary/aromatic N) is 2. The van der Waals surface area contributed by atoms with Crippen LogP contribution in [0.5, 0.6) is 0 Å². The maximum atomic E-state index is 13.3. The highest BCUT2D eigenvalue weighted by Crippen LogP contribution is 2.44. The van der Waals surface area contributed by atoms with Crippen LogP contribution >= 0.6 is 24.0 Å². The normalized spacial score (nSPS) is 18.3. The number of benzene rings is 2. The highest BCUT2D eigenvalue weighted by molar-refractivity contribution is 8.26. The Kier molecular flexibility index (Phi) is 5.86. The van der Waals surface area contributed by atoms with Gasteiger partial charge in [-0.2, -0.15) is 8.42 Å². The van der Waals surface area contributed by atoms with Gasteiger partial charge in [0.1, 0.15) is 4.32 Å². The lowest BCUT2D eigenvalue weighted by atomic mass is 10.1. The number of carbonyl (C=O) groups is 3. The fourth-order valence-corrected chi connectivity index (χ4v) is 5.08. The third-order valence-corrected chi connectivity index (χ3v) is 6.86. The number of fused-ring (bicyclic) bond motifs is 1. The van der Waals surface area contributed by atoms with Crippen LogP contribution in [0.1, 0.15) is 5.56 Å². The van der Waals surface area contributed by atoms with Gasteiger partial charge < -0.3 is 5.32 Å². The molecule has 9 nitrogen and oxygen atoms in total. The number of amides is 4. The van der Waals surface area contributed by atoms with Crippen molar-refractivity contribution in [2.75, 3.05) is 22.5 Å². The summed E-state index contributed by atoms with van der Waals surface area (Å²) >= 11 is 6.02. The number of para-hydroxylation sites is 2. The van der Waals surface area contributed by atoms with Gasteiger partial charge in [0, 0.05) is 17.8 Å². The van der Waals surface area contributed by atoms with E-state index >= 15 is 0 Å². The lowest BCUT2D eigenvalue weighted by Crippen LogP contribution is -2.37. The Balaban J connectivity index is 1.70. The first-order chi connectivity index (χ1) is 15.2. The van der Waals surface area contributed by atoms with E-state index in [1.807, 2.05) is 0 Å². The smallest absolute Gasteiger partial charge is 0.307 e. The molecule has 2 aliphatic heterocycles. The van der Waals surface area contributed by atoms with E-state index < -0.39 is 33.7 Å². The molecule has 0 aliphatic carbocycles. The molecule has 0 aromatic heterocycles. The summed E-state index contributed by atoms with van der Waals surface area (Å²) in [6, 6.07) is 14.4. The number of urea groups is 1. The summed E-state index contributed by atoms with van der Waals surface area (Å²) in [4.78, 5) is 41.1. The van der Waals surface area contributed by atoms with Crippen molar-refractivity contribution in [1.29, 1.82) is 0 Å². The molecule has 2 heterocycles. The monoisotopic (exact) mass is 489 g/mol. The minimum absolute atomic E-state index is 0.00204. The van der Waals surface area contributed by atoms with Gasteiger partial charge in [-0.1, -0.05) is 60.4 Å². The maximum absolute atomic E-state index is 13.3. The van der Waals surface area contributed by atoms with Crippen molar-refractivity contribution >= 4 is 73.2 Å². The van der Waals surface area contributed by atoms with E-state index in [2.05, 4.69) is 5.32 Å². The summed E-state index contributed by atoms with van der Waals surface area (Å²) in [6.45, 7) is -0.353. The maximum Gasteiger partial charge on any atom is 0.333 e. The third-order valence-electron chi connectivity index (χ3n) is 4.71. The highest BCUT2D eigenvalue weighted by atomic mass is 32.2. The Labute approximate surface area is 192 Å². The number of thioether (sulfide) groups is 1. The number of nitrogens with one attached hydrogen (secondary N) is 1. The average Bonchev–Trinajstić information content (AvgIpc) is 3.18. The van der Waals surface area contributed by atoms with Gasteiger partial charge in [-0.3, -0.25) is 19.0 Å². The molecule has 4 rings (SSSR count). The van der Waals surface area contributed by atoms with Crippen molar-refractivity contribution in [2.24, 2.45) is 0 Å². The summed E-state index contributed by atoms with van der Waals surface area (Å²) in [7, 11) is -4.31. The highest BCUT2D eigenvalue weighted by Gasteiger charge is 2.44. The van der Waals surface area contributed by atoms with E-state index in [9.17, 15) is 22.8 Å². The Morgan fingerprint density at radius 3 is 2.38 bits per heavy atom. The van der Waals surface area contributed by atoms with E-state index in [0.717, 1.165) is 21.6 Å². The van der Waals surface area contributed by atoms with Crippen LogP contribution in [0.4, 0.5) is 16.2 Å². The summed E-state index contributed by atoms with van der Waals surface area (Å²) in [6.07, 6.45) is 0. The van der Waals surface area contributed by atoms with Gasteiger partial charge in [-0.15, -0.1) is 0 Å². The first-order valence-electron chi connectivity index (χ1n) is 9.20. The first-order valence-corrected chi connectivity index (χ1v) is 12.0. The minimum atomic E-state index is -4.31. The second-order valence-electron chi connectivity index (χ2n) is 6.77. The van der Waals surface area contributed by atoms with E-state index in [1.54, 1.807) is 54.6 Å². The van der Waals surface area contributed by atoms with Crippen molar-refractivity contribution in [3.63, 3.8) is 0 Å². The first kappa shape index (κ1) is 22.1. The SMILES string of the molecule is O=C1/C(=C2\C(=O)N(C(=O)Nc3ccccc3)c3ccccc32)SC(=S)N1CCS(=O)(=O)O. The molecule has 0 bridgehead atoms. The Morgan fingerprint density at radius 1 is 1.03 bits per heavy atom. The number of anilines is 2. The molecule has 2 N–H and O–H groups in total. The molecule has 1 fully saturated rings. The van der Waals surface area contributed by atoms with Crippen LogP contribution in [0.2, 0.25) is 0 Å². The molecular weight excluding hydrogens is 474 g/mol. The van der Waals surface area contributed by atoms with Crippen molar-refractivity contribution in [3.8, 4) is 0 Å². The topological polar surface area (TPSA) is 124 Å². The Bertz CT molecular complexity index is 1290. The summed E-state index contributed by atoms with van der Waals surface area (Å²) in [5.41, 5.74) is 1.20. The minimum Gasteiger partial charge on any atom is -0.307 e. The van der Waals surface area contributed by atoms with Crippen molar-refractivity contribution in [3.05, 3.63) is 65.1 Å². The Hall–Kier alpha value is -3.06. The molecule has 2 aliphatic rings. The van der Waals surface area contributed by atoms with E-state index in [1.165, 1.54) is 0 Å². The zero-order valence-electron chi connectivity index (χ0n) is 16.2. The van der Waals surface area contributed by atoms with Gasteiger partial charge in [0.25, 0.3) is 21.9 Å². The fourth-order valence-electron chi connectivity index (χ4n) is 3.29. The second-order valence-corrected chi connectivity index (χ2v) is 9.99. The number of thiocarbonyl (C=S) groups is 1. The number of hydrogen-bond acceptors (Lipinski definition) is 7. The number of carbonyl (C=O) groups excluding carboxylic acids is 3. The number of hydrogen-bond donors (Lipinski definition) is 2. The van der Waals surface area contributed by atoms with Gasteiger partial charge in [-0.05, 0) is 18.2 Å². The van der Waals surface area contributed by atoms with Crippen LogP contribution in [-0.4, -0.2) is 52.3 Å². The molecule has 4 amide bonds. The lowest BCUT2D eigenvalue weighted by Gasteiger charge is -2.16. The molecule has 0 spiro atoms. The molecule has 0 radical (unpaired) electrons. The van der Waals surface area contributed by atoms with Crippen LogP contribution in [0, 0.1) is 0 Å².